The number of hydrogen-bond donors (Lipinski definition) is 1. The van der Waals surface area contributed by atoms with Crippen molar-refractivity contribution in [3.63, 3.8) is 0 Å². The normalized spacial score (nSPS) is 15.2. The second kappa shape index (κ2) is 8.10. The minimum atomic E-state index is -1.30. The second-order valence-electron chi connectivity index (χ2n) is 6.09. The Labute approximate surface area is 165 Å². The van der Waals surface area contributed by atoms with Crippen molar-refractivity contribution >= 4 is 46.5 Å². The summed E-state index contributed by atoms with van der Waals surface area (Å²) in [5, 5.41) is 12.9. The van der Waals surface area contributed by atoms with E-state index in [2.05, 4.69) is 5.32 Å². The van der Waals surface area contributed by atoms with Crippen LogP contribution >= 0.6 is 11.8 Å². The molecule has 0 saturated carbocycles. The monoisotopic (exact) mass is 395 g/mol. The van der Waals surface area contributed by atoms with Crippen LogP contribution in [0.15, 0.2) is 53.4 Å². The van der Waals surface area contributed by atoms with E-state index in [0.29, 0.717) is 11.3 Å². The van der Waals surface area contributed by atoms with E-state index in [1.165, 1.54) is 30.3 Å². The molecule has 2 aromatic carbocycles. The standard InChI is InChI=1S/C20H16N2O5S/c1-12-2-8-15(9-3-12)21-17(23)11-22-18(24)16(28-20(22)27)10-13-4-6-14(7-5-13)19(25)26/h2-10H,11H2,1H3,(H,21,23)(H,25,26)/p-1/b16-10-. The smallest absolute Gasteiger partial charge is 0.294 e. The highest BCUT2D eigenvalue weighted by molar-refractivity contribution is 8.18. The Kier molecular flexibility index (Phi) is 5.60. The molecule has 28 heavy (non-hydrogen) atoms. The number of carboxylic acid groups (broad SMARTS) is 1. The summed E-state index contributed by atoms with van der Waals surface area (Å²) in [5.41, 5.74) is 2.19. The highest BCUT2D eigenvalue weighted by atomic mass is 32.2. The molecule has 8 heteroatoms. The number of anilines is 1. The number of amides is 3. The summed E-state index contributed by atoms with van der Waals surface area (Å²) < 4.78 is 0. The number of nitrogens with one attached hydrogen (secondary N) is 1. The maximum absolute atomic E-state index is 12.5. The number of carbonyl (C=O) groups is 4. The average molecular weight is 395 g/mol. The van der Waals surface area contributed by atoms with E-state index in [9.17, 15) is 24.3 Å². The molecule has 1 aliphatic heterocycles. The minimum Gasteiger partial charge on any atom is -0.545 e. The summed E-state index contributed by atoms with van der Waals surface area (Å²) in [4.78, 5) is 48.5. The predicted octanol–water partition coefficient (Wildman–Crippen LogP) is 2.03. The van der Waals surface area contributed by atoms with Gasteiger partial charge < -0.3 is 15.2 Å². The third-order valence-electron chi connectivity index (χ3n) is 3.95. The molecule has 0 unspecified atom stereocenters. The molecule has 0 bridgehead atoms. The molecule has 1 saturated heterocycles. The van der Waals surface area contributed by atoms with Crippen LogP contribution in [0.4, 0.5) is 10.5 Å². The molecule has 1 N–H and O–H groups in total. The van der Waals surface area contributed by atoms with Crippen LogP contribution < -0.4 is 10.4 Å². The number of aryl methyl sites for hydroxylation is 1. The van der Waals surface area contributed by atoms with Gasteiger partial charge >= 0.3 is 0 Å². The highest BCUT2D eigenvalue weighted by Crippen LogP contribution is 2.32. The van der Waals surface area contributed by atoms with Crippen molar-refractivity contribution in [2.45, 2.75) is 6.92 Å². The van der Waals surface area contributed by atoms with Crippen molar-refractivity contribution in [1.82, 2.24) is 4.90 Å². The summed E-state index contributed by atoms with van der Waals surface area (Å²) >= 11 is 0.727. The number of carboxylic acids is 1. The first-order valence-corrected chi connectivity index (χ1v) is 9.08. The van der Waals surface area contributed by atoms with Crippen molar-refractivity contribution in [2.75, 3.05) is 11.9 Å². The van der Waals surface area contributed by atoms with Gasteiger partial charge in [0.15, 0.2) is 0 Å². The van der Waals surface area contributed by atoms with Crippen LogP contribution in [-0.2, 0) is 9.59 Å². The quantitative estimate of drug-likeness (QED) is 0.777. The molecule has 1 heterocycles. The van der Waals surface area contributed by atoms with Gasteiger partial charge in [-0.3, -0.25) is 19.3 Å². The molecule has 7 nitrogen and oxygen atoms in total. The van der Waals surface area contributed by atoms with E-state index in [1.807, 2.05) is 19.1 Å². The summed E-state index contributed by atoms with van der Waals surface area (Å²) in [7, 11) is 0. The SMILES string of the molecule is Cc1ccc(NC(=O)CN2C(=O)S/C(=C\c3ccc(C(=O)[O-])cc3)C2=O)cc1. The van der Waals surface area contributed by atoms with E-state index in [1.54, 1.807) is 12.1 Å². The largest absolute Gasteiger partial charge is 0.545 e. The molecule has 0 atom stereocenters. The van der Waals surface area contributed by atoms with Crippen LogP contribution in [0.5, 0.6) is 0 Å². The van der Waals surface area contributed by atoms with Gasteiger partial charge in [0, 0.05) is 5.69 Å². The Morgan fingerprint density at radius 3 is 2.32 bits per heavy atom. The van der Waals surface area contributed by atoms with Gasteiger partial charge in [-0.05, 0) is 48.0 Å². The first-order valence-electron chi connectivity index (χ1n) is 8.27. The maximum Gasteiger partial charge on any atom is 0.294 e. The second-order valence-corrected chi connectivity index (χ2v) is 7.08. The molecule has 2 aromatic rings. The number of rotatable bonds is 5. The molecule has 3 amide bonds. The number of thioether (sulfide) groups is 1. The number of nitrogens with zero attached hydrogens (tertiary/aromatic N) is 1. The minimum absolute atomic E-state index is 0.0121. The molecule has 0 aliphatic carbocycles. The van der Waals surface area contributed by atoms with Gasteiger partial charge in [-0.15, -0.1) is 0 Å². The van der Waals surface area contributed by atoms with Crippen LogP contribution in [0.25, 0.3) is 6.08 Å². The summed E-state index contributed by atoms with van der Waals surface area (Å²) in [6.07, 6.45) is 1.47. The van der Waals surface area contributed by atoms with Gasteiger partial charge in [-0.2, -0.15) is 0 Å². The van der Waals surface area contributed by atoms with E-state index >= 15 is 0 Å². The zero-order chi connectivity index (χ0) is 20.3. The van der Waals surface area contributed by atoms with Gasteiger partial charge in [-0.1, -0.05) is 42.0 Å². The van der Waals surface area contributed by atoms with Gasteiger partial charge in [0.05, 0.1) is 10.9 Å². The van der Waals surface area contributed by atoms with Crippen molar-refractivity contribution in [2.24, 2.45) is 0 Å². The molecule has 0 aromatic heterocycles. The number of imide groups is 1. The maximum atomic E-state index is 12.5. The topological polar surface area (TPSA) is 107 Å². The molecular weight excluding hydrogens is 380 g/mol. The Bertz CT molecular complexity index is 981. The van der Waals surface area contributed by atoms with Crippen LogP contribution in [0.3, 0.4) is 0 Å². The molecular formula is C20H15N2O5S-. The lowest BCUT2D eigenvalue weighted by Crippen LogP contribution is -2.36. The zero-order valence-corrected chi connectivity index (χ0v) is 15.6. The summed E-state index contributed by atoms with van der Waals surface area (Å²) in [6, 6.07) is 12.8. The summed E-state index contributed by atoms with van der Waals surface area (Å²) in [5.74, 6) is -2.35. The van der Waals surface area contributed by atoms with Crippen molar-refractivity contribution < 1.29 is 24.3 Å². The molecule has 142 valence electrons. The lowest BCUT2D eigenvalue weighted by Gasteiger charge is -2.12. The lowest BCUT2D eigenvalue weighted by molar-refractivity contribution is -0.255. The third-order valence-corrected chi connectivity index (χ3v) is 4.86. The van der Waals surface area contributed by atoms with E-state index in [4.69, 9.17) is 0 Å². The van der Waals surface area contributed by atoms with Crippen molar-refractivity contribution in [3.05, 3.63) is 70.1 Å². The Morgan fingerprint density at radius 2 is 1.71 bits per heavy atom. The van der Waals surface area contributed by atoms with Gasteiger partial charge in [0.2, 0.25) is 5.91 Å². The molecule has 3 rings (SSSR count). The average Bonchev–Trinajstić information content (AvgIpc) is 2.91. The first-order chi connectivity index (χ1) is 13.3. The van der Waals surface area contributed by atoms with Gasteiger partial charge in [0.1, 0.15) is 6.54 Å². The molecule has 1 aliphatic rings. The van der Waals surface area contributed by atoms with E-state index in [-0.39, 0.29) is 17.0 Å². The highest BCUT2D eigenvalue weighted by Gasteiger charge is 2.36. The molecule has 0 radical (unpaired) electrons. The zero-order valence-electron chi connectivity index (χ0n) is 14.8. The first kappa shape index (κ1) is 19.4. The Hall–Kier alpha value is -3.39. The Morgan fingerprint density at radius 1 is 1.07 bits per heavy atom. The predicted molar refractivity (Wildman–Crippen MR) is 103 cm³/mol. The van der Waals surface area contributed by atoms with Gasteiger partial charge in [-0.25, -0.2) is 0 Å². The number of aromatic carboxylic acids is 1. The fourth-order valence-electron chi connectivity index (χ4n) is 2.48. The molecule has 1 fully saturated rings. The van der Waals surface area contributed by atoms with Crippen LogP contribution in [0.2, 0.25) is 0 Å². The Balaban J connectivity index is 1.68. The van der Waals surface area contributed by atoms with Crippen LogP contribution in [0, 0.1) is 6.92 Å². The third kappa shape index (κ3) is 4.47. The van der Waals surface area contributed by atoms with Crippen LogP contribution in [0.1, 0.15) is 21.5 Å². The number of carbonyl (C=O) groups excluding carboxylic acids is 4. The summed E-state index contributed by atoms with van der Waals surface area (Å²) in [6.45, 7) is 1.53. The fourth-order valence-corrected chi connectivity index (χ4v) is 3.32. The fraction of sp³-hybridized carbons (Fsp3) is 0.100. The number of benzene rings is 2. The van der Waals surface area contributed by atoms with Gasteiger partial charge in [0.25, 0.3) is 11.1 Å². The number of hydrogen-bond acceptors (Lipinski definition) is 6. The van der Waals surface area contributed by atoms with E-state index < -0.39 is 23.0 Å². The van der Waals surface area contributed by atoms with E-state index in [0.717, 1.165) is 22.2 Å². The molecule has 0 spiro atoms. The van der Waals surface area contributed by atoms with Crippen molar-refractivity contribution in [1.29, 1.82) is 0 Å². The van der Waals surface area contributed by atoms with Crippen molar-refractivity contribution in [3.8, 4) is 0 Å². The van der Waals surface area contributed by atoms with Crippen LogP contribution in [-0.4, -0.2) is 34.5 Å². The lowest BCUT2D eigenvalue weighted by atomic mass is 10.1.